The Hall–Kier alpha value is 0.310. The maximum Gasteiger partial charge on any atom is 0.00737 e. The number of rotatable bonds is 1. The largest absolute Gasteiger partial charge is 0.327 e. The lowest BCUT2D eigenvalue weighted by Gasteiger charge is -2.20. The zero-order valence-corrected chi connectivity index (χ0v) is 7.07. The summed E-state index contributed by atoms with van der Waals surface area (Å²) >= 11 is 2.10. The standard InChI is InChI=1S/C8H15NS/c9-8-5-7(8)6-1-3-10-4-2-6/h6-8H,1-5,9H2/t7-,8+/m1/s1. The van der Waals surface area contributed by atoms with Gasteiger partial charge in [0.05, 0.1) is 0 Å². The molecule has 2 N–H and O–H groups in total. The minimum Gasteiger partial charge on any atom is -0.327 e. The Balaban J connectivity index is 1.81. The molecular weight excluding hydrogens is 142 g/mol. The van der Waals surface area contributed by atoms with Gasteiger partial charge in [-0.2, -0.15) is 11.8 Å². The SMILES string of the molecule is N[C@H]1C[C@@H]1C1CCSCC1. The third-order valence-electron chi connectivity index (χ3n) is 2.76. The van der Waals surface area contributed by atoms with E-state index in [1.807, 2.05) is 0 Å². The Morgan fingerprint density at radius 3 is 2.30 bits per heavy atom. The van der Waals surface area contributed by atoms with Crippen molar-refractivity contribution in [1.82, 2.24) is 0 Å². The van der Waals surface area contributed by atoms with Crippen molar-refractivity contribution in [2.24, 2.45) is 17.6 Å². The Bertz CT molecular complexity index is 120. The second-order valence-corrected chi connectivity index (χ2v) is 4.74. The average molecular weight is 157 g/mol. The van der Waals surface area contributed by atoms with E-state index < -0.39 is 0 Å². The van der Waals surface area contributed by atoms with Crippen molar-refractivity contribution in [3.8, 4) is 0 Å². The van der Waals surface area contributed by atoms with Gasteiger partial charge in [-0.1, -0.05) is 0 Å². The summed E-state index contributed by atoms with van der Waals surface area (Å²) in [4.78, 5) is 0. The zero-order chi connectivity index (χ0) is 6.97. The van der Waals surface area contributed by atoms with Crippen LogP contribution in [0.4, 0.5) is 0 Å². The summed E-state index contributed by atoms with van der Waals surface area (Å²) < 4.78 is 0. The Labute approximate surface area is 66.7 Å². The van der Waals surface area contributed by atoms with Crippen LogP contribution in [0.1, 0.15) is 19.3 Å². The minimum atomic E-state index is 0.577. The maximum atomic E-state index is 5.79. The lowest BCUT2D eigenvalue weighted by Crippen LogP contribution is -2.16. The maximum absolute atomic E-state index is 5.79. The van der Waals surface area contributed by atoms with Crippen LogP contribution >= 0.6 is 11.8 Å². The van der Waals surface area contributed by atoms with Crippen LogP contribution in [0.25, 0.3) is 0 Å². The number of hydrogen-bond donors (Lipinski definition) is 1. The molecule has 0 aromatic heterocycles. The van der Waals surface area contributed by atoms with Crippen molar-refractivity contribution >= 4 is 11.8 Å². The fraction of sp³-hybridized carbons (Fsp3) is 1.00. The average Bonchev–Trinajstić information content (AvgIpc) is 2.69. The second kappa shape index (κ2) is 2.74. The van der Waals surface area contributed by atoms with Gasteiger partial charge in [0.15, 0.2) is 0 Å². The highest BCUT2D eigenvalue weighted by molar-refractivity contribution is 7.99. The van der Waals surface area contributed by atoms with Gasteiger partial charge in [0.2, 0.25) is 0 Å². The van der Waals surface area contributed by atoms with Gasteiger partial charge < -0.3 is 5.73 Å². The third kappa shape index (κ3) is 1.32. The van der Waals surface area contributed by atoms with Crippen molar-refractivity contribution in [2.45, 2.75) is 25.3 Å². The van der Waals surface area contributed by atoms with Crippen LogP contribution in [0.15, 0.2) is 0 Å². The summed E-state index contributed by atoms with van der Waals surface area (Å²) in [7, 11) is 0. The van der Waals surface area contributed by atoms with Gasteiger partial charge in [-0.15, -0.1) is 0 Å². The molecule has 0 aromatic carbocycles. The van der Waals surface area contributed by atoms with E-state index in [4.69, 9.17) is 5.73 Å². The van der Waals surface area contributed by atoms with Crippen molar-refractivity contribution in [1.29, 1.82) is 0 Å². The van der Waals surface area contributed by atoms with Gasteiger partial charge in [0.1, 0.15) is 0 Å². The molecule has 1 heterocycles. The first kappa shape index (κ1) is 6.99. The monoisotopic (exact) mass is 157 g/mol. The Morgan fingerprint density at radius 1 is 1.20 bits per heavy atom. The predicted octanol–water partition coefficient (Wildman–Crippen LogP) is 1.48. The predicted molar refractivity (Wildman–Crippen MR) is 46.1 cm³/mol. The van der Waals surface area contributed by atoms with Crippen LogP contribution in [0.5, 0.6) is 0 Å². The molecule has 1 aliphatic heterocycles. The quantitative estimate of drug-likeness (QED) is 0.624. The molecule has 2 fully saturated rings. The van der Waals surface area contributed by atoms with E-state index >= 15 is 0 Å². The molecule has 2 atom stereocenters. The van der Waals surface area contributed by atoms with Gasteiger partial charge in [-0.25, -0.2) is 0 Å². The minimum absolute atomic E-state index is 0.577. The fourth-order valence-electron chi connectivity index (χ4n) is 1.92. The number of thioether (sulfide) groups is 1. The van der Waals surface area contributed by atoms with E-state index in [1.165, 1.54) is 30.8 Å². The van der Waals surface area contributed by atoms with Gasteiger partial charge in [0, 0.05) is 6.04 Å². The fourth-order valence-corrected chi connectivity index (χ4v) is 3.06. The van der Waals surface area contributed by atoms with E-state index in [-0.39, 0.29) is 0 Å². The van der Waals surface area contributed by atoms with Crippen molar-refractivity contribution < 1.29 is 0 Å². The highest BCUT2D eigenvalue weighted by Crippen LogP contribution is 2.42. The van der Waals surface area contributed by atoms with Gasteiger partial charge in [-0.05, 0) is 42.6 Å². The van der Waals surface area contributed by atoms with E-state index in [0.29, 0.717) is 6.04 Å². The lowest BCUT2D eigenvalue weighted by atomic mass is 9.97. The second-order valence-electron chi connectivity index (χ2n) is 3.51. The molecule has 0 unspecified atom stereocenters. The molecule has 1 saturated heterocycles. The third-order valence-corrected chi connectivity index (χ3v) is 3.81. The summed E-state index contributed by atoms with van der Waals surface area (Å²) in [6.07, 6.45) is 4.18. The highest BCUT2D eigenvalue weighted by Gasteiger charge is 2.40. The molecule has 10 heavy (non-hydrogen) atoms. The van der Waals surface area contributed by atoms with Crippen molar-refractivity contribution in [2.75, 3.05) is 11.5 Å². The summed E-state index contributed by atoms with van der Waals surface area (Å²) in [5, 5.41) is 0. The molecule has 0 bridgehead atoms. The Kier molecular flexibility index (Phi) is 1.92. The van der Waals surface area contributed by atoms with Gasteiger partial charge in [0.25, 0.3) is 0 Å². The first-order valence-electron chi connectivity index (χ1n) is 4.21. The normalized spacial score (nSPS) is 41.7. The lowest BCUT2D eigenvalue weighted by molar-refractivity contribution is 0.423. The van der Waals surface area contributed by atoms with Crippen LogP contribution in [0, 0.1) is 11.8 Å². The summed E-state index contributed by atoms with van der Waals surface area (Å²) in [6.45, 7) is 0. The van der Waals surface area contributed by atoms with Gasteiger partial charge in [-0.3, -0.25) is 0 Å². The Morgan fingerprint density at radius 2 is 1.80 bits per heavy atom. The summed E-state index contributed by atoms with van der Waals surface area (Å²) in [5.74, 6) is 4.68. The molecule has 2 heteroatoms. The summed E-state index contributed by atoms with van der Waals surface area (Å²) in [6, 6.07) is 0.577. The van der Waals surface area contributed by atoms with E-state index in [1.54, 1.807) is 0 Å². The van der Waals surface area contributed by atoms with E-state index in [2.05, 4.69) is 11.8 Å². The van der Waals surface area contributed by atoms with Crippen molar-refractivity contribution in [3.05, 3.63) is 0 Å². The van der Waals surface area contributed by atoms with Gasteiger partial charge >= 0.3 is 0 Å². The molecule has 2 rings (SSSR count). The molecule has 1 nitrogen and oxygen atoms in total. The smallest absolute Gasteiger partial charge is 0.00737 e. The summed E-state index contributed by atoms with van der Waals surface area (Å²) in [5.41, 5.74) is 5.79. The molecule has 58 valence electrons. The number of nitrogens with two attached hydrogens (primary N) is 1. The van der Waals surface area contributed by atoms with Crippen LogP contribution in [-0.4, -0.2) is 17.5 Å². The highest BCUT2D eigenvalue weighted by atomic mass is 32.2. The van der Waals surface area contributed by atoms with Crippen LogP contribution in [-0.2, 0) is 0 Å². The first-order valence-corrected chi connectivity index (χ1v) is 5.37. The van der Waals surface area contributed by atoms with Crippen LogP contribution in [0.3, 0.4) is 0 Å². The molecule has 0 aromatic rings. The molecule has 0 amide bonds. The topological polar surface area (TPSA) is 26.0 Å². The molecule has 0 radical (unpaired) electrons. The zero-order valence-electron chi connectivity index (χ0n) is 6.25. The van der Waals surface area contributed by atoms with E-state index in [9.17, 15) is 0 Å². The molecule has 1 saturated carbocycles. The number of hydrogen-bond acceptors (Lipinski definition) is 2. The molecule has 1 aliphatic carbocycles. The molecule has 2 aliphatic rings. The van der Waals surface area contributed by atoms with Crippen LogP contribution < -0.4 is 5.73 Å². The molecular formula is C8H15NS. The first-order chi connectivity index (χ1) is 4.88. The van der Waals surface area contributed by atoms with Crippen LogP contribution in [0.2, 0.25) is 0 Å². The molecule has 0 spiro atoms. The van der Waals surface area contributed by atoms with E-state index in [0.717, 1.165) is 11.8 Å². The van der Waals surface area contributed by atoms with Crippen molar-refractivity contribution in [3.63, 3.8) is 0 Å².